The van der Waals surface area contributed by atoms with Crippen molar-refractivity contribution in [3.05, 3.63) is 0 Å². The van der Waals surface area contributed by atoms with Crippen LogP contribution in [0.5, 0.6) is 0 Å². The highest BCUT2D eigenvalue weighted by Crippen LogP contribution is 2.14. The molecule has 0 rings (SSSR count). The maximum atomic E-state index is 12.5. The summed E-state index contributed by atoms with van der Waals surface area (Å²) in [5.74, 6) is -0.879. The second kappa shape index (κ2) is 33.3. The Kier molecular flexibility index (Phi) is 32.1. The largest absolute Gasteiger partial charge is 0.462 e. The Labute approximate surface area is 266 Å². The van der Waals surface area contributed by atoms with Crippen molar-refractivity contribution in [1.29, 1.82) is 0 Å². The van der Waals surface area contributed by atoms with Crippen LogP contribution in [0.2, 0.25) is 0 Å². The van der Waals surface area contributed by atoms with E-state index in [-0.39, 0.29) is 31.1 Å². The highest BCUT2D eigenvalue weighted by Gasteiger charge is 2.19. The fraction of sp³-hybridized carbons (Fsp3) is 0.919. The Bertz CT molecular complexity index is 635. The standard InChI is InChI=1S/C37H70O6/c1-4-7-10-13-16-17-18-19-22-24-27-30-36(39)42-33-34(43-37(40)31-28-25-21-15-12-9-6-3)32-41-35(38)29-26-23-20-14-11-8-5-2/h34H,4-33H2,1-3H3/t34-/m1/s1. The van der Waals surface area contributed by atoms with E-state index in [1.165, 1.54) is 103 Å². The summed E-state index contributed by atoms with van der Waals surface area (Å²) in [7, 11) is 0. The van der Waals surface area contributed by atoms with Gasteiger partial charge in [0.1, 0.15) is 13.2 Å². The molecule has 0 aliphatic rings. The topological polar surface area (TPSA) is 78.9 Å². The van der Waals surface area contributed by atoms with E-state index in [9.17, 15) is 14.4 Å². The maximum absolute atomic E-state index is 12.5. The predicted molar refractivity (Wildman–Crippen MR) is 178 cm³/mol. The fourth-order valence-corrected chi connectivity index (χ4v) is 5.26. The van der Waals surface area contributed by atoms with Gasteiger partial charge in [-0.05, 0) is 19.3 Å². The number of hydrogen-bond acceptors (Lipinski definition) is 6. The summed E-state index contributed by atoms with van der Waals surface area (Å²) in [5, 5.41) is 0. The van der Waals surface area contributed by atoms with Gasteiger partial charge in [-0.1, -0.05) is 162 Å². The van der Waals surface area contributed by atoms with Gasteiger partial charge in [-0.3, -0.25) is 14.4 Å². The minimum absolute atomic E-state index is 0.0651. The number of esters is 3. The average Bonchev–Trinajstić information content (AvgIpc) is 3.00. The van der Waals surface area contributed by atoms with Gasteiger partial charge in [-0.2, -0.15) is 0 Å². The molecule has 0 aliphatic heterocycles. The van der Waals surface area contributed by atoms with Crippen LogP contribution in [-0.4, -0.2) is 37.2 Å². The van der Waals surface area contributed by atoms with Gasteiger partial charge in [0.05, 0.1) is 0 Å². The van der Waals surface area contributed by atoms with E-state index < -0.39 is 6.10 Å². The van der Waals surface area contributed by atoms with Gasteiger partial charge in [0.2, 0.25) is 0 Å². The van der Waals surface area contributed by atoms with E-state index in [1.807, 2.05) is 0 Å². The lowest BCUT2D eigenvalue weighted by Crippen LogP contribution is -2.30. The lowest BCUT2D eigenvalue weighted by atomic mass is 10.1. The van der Waals surface area contributed by atoms with Crippen LogP contribution in [0.4, 0.5) is 0 Å². The van der Waals surface area contributed by atoms with Crippen molar-refractivity contribution in [3.8, 4) is 0 Å². The number of carbonyl (C=O) groups excluding carboxylic acids is 3. The molecule has 0 saturated carbocycles. The van der Waals surface area contributed by atoms with Crippen LogP contribution in [-0.2, 0) is 28.6 Å². The van der Waals surface area contributed by atoms with Crippen LogP contribution in [0.15, 0.2) is 0 Å². The quantitative estimate of drug-likeness (QED) is 0.0418. The number of hydrogen-bond donors (Lipinski definition) is 0. The first kappa shape index (κ1) is 41.4. The Hall–Kier alpha value is -1.59. The highest BCUT2D eigenvalue weighted by molar-refractivity contribution is 5.71. The van der Waals surface area contributed by atoms with Crippen LogP contribution in [0, 0.1) is 0 Å². The molecule has 0 saturated heterocycles. The average molecular weight is 611 g/mol. The molecule has 1 atom stereocenters. The van der Waals surface area contributed by atoms with Crippen molar-refractivity contribution in [2.24, 2.45) is 0 Å². The molecule has 0 fully saturated rings. The molecule has 0 aromatic rings. The molecule has 254 valence electrons. The third-order valence-corrected chi connectivity index (χ3v) is 8.11. The van der Waals surface area contributed by atoms with Crippen molar-refractivity contribution in [2.45, 2.75) is 207 Å². The minimum atomic E-state index is -0.753. The van der Waals surface area contributed by atoms with Crippen LogP contribution in [0.3, 0.4) is 0 Å². The van der Waals surface area contributed by atoms with Crippen LogP contribution in [0.1, 0.15) is 201 Å². The second-order valence-corrected chi connectivity index (χ2v) is 12.5. The highest BCUT2D eigenvalue weighted by atomic mass is 16.6. The summed E-state index contributed by atoms with van der Waals surface area (Å²) in [6.07, 6.45) is 29.6. The maximum Gasteiger partial charge on any atom is 0.306 e. The molecule has 6 nitrogen and oxygen atoms in total. The van der Waals surface area contributed by atoms with Crippen LogP contribution >= 0.6 is 0 Å². The lowest BCUT2D eigenvalue weighted by molar-refractivity contribution is -0.167. The molecule has 0 N–H and O–H groups in total. The van der Waals surface area contributed by atoms with E-state index >= 15 is 0 Å². The Morgan fingerprint density at radius 3 is 0.930 bits per heavy atom. The summed E-state index contributed by atoms with van der Waals surface area (Å²) >= 11 is 0. The van der Waals surface area contributed by atoms with Gasteiger partial charge in [0, 0.05) is 19.3 Å². The van der Waals surface area contributed by atoms with Crippen molar-refractivity contribution in [2.75, 3.05) is 13.2 Å². The SMILES string of the molecule is CCCCCCCCCCCCCC(=O)OC[C@@H](COC(=O)CCCCCCCCC)OC(=O)CCCCCCCCC. The van der Waals surface area contributed by atoms with E-state index in [4.69, 9.17) is 14.2 Å². The first-order chi connectivity index (χ1) is 21.0. The van der Waals surface area contributed by atoms with Crippen molar-refractivity contribution in [3.63, 3.8) is 0 Å². The smallest absolute Gasteiger partial charge is 0.306 e. The molecule has 0 spiro atoms. The molecule has 0 bridgehead atoms. The summed E-state index contributed by atoms with van der Waals surface area (Å²) in [6.45, 7) is 6.53. The van der Waals surface area contributed by atoms with Crippen molar-refractivity contribution < 1.29 is 28.6 Å². The fourth-order valence-electron chi connectivity index (χ4n) is 5.26. The van der Waals surface area contributed by atoms with Gasteiger partial charge < -0.3 is 14.2 Å². The zero-order valence-electron chi connectivity index (χ0n) is 28.7. The summed E-state index contributed by atoms with van der Waals surface area (Å²) in [5.41, 5.74) is 0. The zero-order valence-corrected chi connectivity index (χ0v) is 28.7. The number of carbonyl (C=O) groups is 3. The van der Waals surface area contributed by atoms with Crippen molar-refractivity contribution in [1.82, 2.24) is 0 Å². The Balaban J connectivity index is 4.30. The molecule has 0 heterocycles. The van der Waals surface area contributed by atoms with E-state index in [0.717, 1.165) is 57.8 Å². The first-order valence-electron chi connectivity index (χ1n) is 18.5. The van der Waals surface area contributed by atoms with Gasteiger partial charge in [0.15, 0.2) is 6.10 Å². The monoisotopic (exact) mass is 611 g/mol. The number of rotatable bonds is 33. The van der Waals surface area contributed by atoms with Crippen molar-refractivity contribution >= 4 is 17.9 Å². The molecule has 0 amide bonds. The number of ether oxygens (including phenoxy) is 3. The minimum Gasteiger partial charge on any atom is -0.462 e. The summed E-state index contributed by atoms with van der Waals surface area (Å²) in [6, 6.07) is 0. The normalized spacial score (nSPS) is 11.8. The first-order valence-corrected chi connectivity index (χ1v) is 18.5. The molecule has 6 heteroatoms. The third kappa shape index (κ3) is 31.6. The van der Waals surface area contributed by atoms with E-state index in [2.05, 4.69) is 20.8 Å². The van der Waals surface area contributed by atoms with E-state index in [0.29, 0.717) is 19.3 Å². The third-order valence-electron chi connectivity index (χ3n) is 8.11. The van der Waals surface area contributed by atoms with Gasteiger partial charge in [-0.25, -0.2) is 0 Å². The lowest BCUT2D eigenvalue weighted by Gasteiger charge is -2.18. The predicted octanol–water partition coefficient (Wildman–Crippen LogP) is 11.0. The molecular weight excluding hydrogens is 540 g/mol. The van der Waals surface area contributed by atoms with Crippen LogP contribution < -0.4 is 0 Å². The van der Waals surface area contributed by atoms with E-state index in [1.54, 1.807) is 0 Å². The Morgan fingerprint density at radius 2 is 0.628 bits per heavy atom. The number of unbranched alkanes of at least 4 members (excludes halogenated alkanes) is 22. The van der Waals surface area contributed by atoms with Gasteiger partial charge >= 0.3 is 17.9 Å². The molecule has 0 aliphatic carbocycles. The molecule has 0 radical (unpaired) electrons. The molecule has 0 unspecified atom stereocenters. The van der Waals surface area contributed by atoms with Crippen LogP contribution in [0.25, 0.3) is 0 Å². The molecule has 0 aromatic heterocycles. The molecule has 43 heavy (non-hydrogen) atoms. The van der Waals surface area contributed by atoms with Gasteiger partial charge in [-0.15, -0.1) is 0 Å². The molecule has 0 aromatic carbocycles. The van der Waals surface area contributed by atoms with Gasteiger partial charge in [0.25, 0.3) is 0 Å². The second-order valence-electron chi connectivity index (χ2n) is 12.5. The molecular formula is C37H70O6. The Morgan fingerprint density at radius 1 is 0.372 bits per heavy atom. The summed E-state index contributed by atoms with van der Waals surface area (Å²) in [4.78, 5) is 37.1. The zero-order chi connectivity index (χ0) is 31.6. The summed E-state index contributed by atoms with van der Waals surface area (Å²) < 4.78 is 16.5.